The van der Waals surface area contributed by atoms with E-state index >= 15 is 0 Å². The number of anilines is 1. The summed E-state index contributed by atoms with van der Waals surface area (Å²) in [6, 6.07) is 7.63. The van der Waals surface area contributed by atoms with Crippen molar-refractivity contribution in [2.45, 2.75) is 33.1 Å². The quantitative estimate of drug-likeness (QED) is 0.846. The summed E-state index contributed by atoms with van der Waals surface area (Å²) < 4.78 is 5.67. The van der Waals surface area contributed by atoms with Gasteiger partial charge in [0.15, 0.2) is 0 Å². The van der Waals surface area contributed by atoms with Crippen molar-refractivity contribution in [1.29, 1.82) is 0 Å². The van der Waals surface area contributed by atoms with Crippen LogP contribution < -0.4 is 15.4 Å². The monoisotopic (exact) mass is 290 g/mol. The smallest absolute Gasteiger partial charge is 0.228 e. The Morgan fingerprint density at radius 1 is 1.38 bits per heavy atom. The molecule has 2 N–H and O–H groups in total. The minimum absolute atomic E-state index is 0.0840. The van der Waals surface area contributed by atoms with Crippen LogP contribution in [0.25, 0.3) is 0 Å². The van der Waals surface area contributed by atoms with E-state index in [1.165, 1.54) is 0 Å². The zero-order chi connectivity index (χ0) is 15.1. The topological polar surface area (TPSA) is 50.4 Å². The van der Waals surface area contributed by atoms with Gasteiger partial charge in [0.1, 0.15) is 5.75 Å². The Hall–Kier alpha value is -1.55. The Bertz CT molecular complexity index is 437. The fraction of sp³-hybridized carbons (Fsp3) is 0.588. The van der Waals surface area contributed by atoms with Gasteiger partial charge in [-0.25, -0.2) is 0 Å². The van der Waals surface area contributed by atoms with E-state index in [1.54, 1.807) is 0 Å². The van der Waals surface area contributed by atoms with Crippen LogP contribution in [0, 0.1) is 11.8 Å². The van der Waals surface area contributed by atoms with Crippen LogP contribution in [0.2, 0.25) is 0 Å². The highest BCUT2D eigenvalue weighted by molar-refractivity contribution is 5.92. The third-order valence-electron chi connectivity index (χ3n) is 3.75. The Morgan fingerprint density at radius 2 is 2.14 bits per heavy atom. The van der Waals surface area contributed by atoms with Gasteiger partial charge in [0.05, 0.1) is 12.5 Å². The molecule has 21 heavy (non-hydrogen) atoms. The lowest BCUT2D eigenvalue weighted by Crippen LogP contribution is -2.37. The lowest BCUT2D eigenvalue weighted by molar-refractivity contribution is -0.120. The largest absolute Gasteiger partial charge is 0.494 e. The van der Waals surface area contributed by atoms with E-state index in [0.717, 1.165) is 50.4 Å². The minimum atomic E-state index is 0.0840. The van der Waals surface area contributed by atoms with Gasteiger partial charge < -0.3 is 15.4 Å². The van der Waals surface area contributed by atoms with Crippen molar-refractivity contribution in [3.63, 3.8) is 0 Å². The van der Waals surface area contributed by atoms with Crippen molar-refractivity contribution in [2.75, 3.05) is 25.0 Å². The third kappa shape index (κ3) is 5.38. The molecule has 1 aromatic carbocycles. The average molecular weight is 290 g/mol. The first kappa shape index (κ1) is 15.8. The Kier molecular flexibility index (Phi) is 6.05. The van der Waals surface area contributed by atoms with Crippen molar-refractivity contribution in [3.05, 3.63) is 24.3 Å². The number of hydrogen-bond donors (Lipinski definition) is 2. The number of carbonyl (C=O) groups is 1. The van der Waals surface area contributed by atoms with Crippen LogP contribution in [0.4, 0.5) is 5.69 Å². The number of amides is 1. The van der Waals surface area contributed by atoms with Gasteiger partial charge in [-0.15, -0.1) is 0 Å². The van der Waals surface area contributed by atoms with E-state index in [9.17, 15) is 4.79 Å². The fourth-order valence-corrected chi connectivity index (χ4v) is 2.37. The molecule has 1 saturated heterocycles. The van der Waals surface area contributed by atoms with Crippen LogP contribution in [-0.2, 0) is 4.79 Å². The molecule has 0 spiro atoms. The molecule has 2 rings (SSSR count). The lowest BCUT2D eigenvalue weighted by Gasteiger charge is -2.21. The van der Waals surface area contributed by atoms with Crippen molar-refractivity contribution in [1.82, 2.24) is 5.32 Å². The summed E-state index contributed by atoms with van der Waals surface area (Å²) >= 11 is 0. The Morgan fingerprint density at radius 3 is 2.76 bits per heavy atom. The van der Waals surface area contributed by atoms with Crippen LogP contribution in [0.5, 0.6) is 5.75 Å². The standard InChI is InChI=1S/C17H26N2O2/c1-13(2)9-11-21-16-7-5-15(6-8-16)19-17(20)14-4-3-10-18-12-14/h5-8,13-14,18H,3-4,9-12H2,1-2H3,(H,19,20). The maximum Gasteiger partial charge on any atom is 0.228 e. The van der Waals surface area contributed by atoms with Crippen LogP contribution in [0.1, 0.15) is 33.1 Å². The molecule has 1 heterocycles. The second-order valence-corrected chi connectivity index (χ2v) is 6.09. The molecule has 0 aliphatic carbocycles. The zero-order valence-electron chi connectivity index (χ0n) is 13.0. The SMILES string of the molecule is CC(C)CCOc1ccc(NC(=O)C2CCCNC2)cc1. The molecule has 0 bridgehead atoms. The van der Waals surface area contributed by atoms with E-state index in [0.29, 0.717) is 5.92 Å². The van der Waals surface area contributed by atoms with E-state index in [-0.39, 0.29) is 11.8 Å². The van der Waals surface area contributed by atoms with Crippen LogP contribution in [0.3, 0.4) is 0 Å². The molecule has 4 heteroatoms. The summed E-state index contributed by atoms with van der Waals surface area (Å²) in [6.07, 6.45) is 3.09. The normalized spacial score (nSPS) is 18.5. The molecule has 4 nitrogen and oxygen atoms in total. The maximum atomic E-state index is 12.1. The first-order chi connectivity index (χ1) is 10.1. The van der Waals surface area contributed by atoms with Crippen LogP contribution in [-0.4, -0.2) is 25.6 Å². The van der Waals surface area contributed by atoms with Crippen molar-refractivity contribution < 1.29 is 9.53 Å². The number of benzene rings is 1. The van der Waals surface area contributed by atoms with Crippen LogP contribution in [0.15, 0.2) is 24.3 Å². The molecular weight excluding hydrogens is 264 g/mol. The first-order valence-electron chi connectivity index (χ1n) is 7.89. The van der Waals surface area contributed by atoms with Crippen molar-refractivity contribution in [3.8, 4) is 5.75 Å². The molecule has 1 amide bonds. The van der Waals surface area contributed by atoms with Gasteiger partial charge >= 0.3 is 0 Å². The van der Waals surface area contributed by atoms with Gasteiger partial charge in [-0.1, -0.05) is 13.8 Å². The van der Waals surface area contributed by atoms with E-state index < -0.39 is 0 Å². The summed E-state index contributed by atoms with van der Waals surface area (Å²) in [6.45, 7) is 6.90. The average Bonchev–Trinajstić information content (AvgIpc) is 2.49. The van der Waals surface area contributed by atoms with Crippen molar-refractivity contribution >= 4 is 11.6 Å². The number of piperidine rings is 1. The molecule has 1 unspecified atom stereocenters. The van der Waals surface area contributed by atoms with Crippen molar-refractivity contribution in [2.24, 2.45) is 11.8 Å². The number of rotatable bonds is 6. The predicted octanol–water partition coefficient (Wildman–Crippen LogP) is 3.05. The zero-order valence-corrected chi connectivity index (χ0v) is 13.0. The minimum Gasteiger partial charge on any atom is -0.494 e. The molecule has 0 radical (unpaired) electrons. The van der Waals surface area contributed by atoms with E-state index in [2.05, 4.69) is 24.5 Å². The number of hydrogen-bond acceptors (Lipinski definition) is 3. The van der Waals surface area contributed by atoms with Crippen LogP contribution >= 0.6 is 0 Å². The molecule has 0 aromatic heterocycles. The molecular formula is C17H26N2O2. The molecule has 1 fully saturated rings. The summed E-state index contributed by atoms with van der Waals surface area (Å²) in [4.78, 5) is 12.1. The molecule has 1 atom stereocenters. The molecule has 0 saturated carbocycles. The van der Waals surface area contributed by atoms with E-state index in [1.807, 2.05) is 24.3 Å². The molecule has 1 aliphatic rings. The Balaban J connectivity index is 1.80. The third-order valence-corrected chi connectivity index (χ3v) is 3.75. The van der Waals surface area contributed by atoms with Gasteiger partial charge in [0.2, 0.25) is 5.91 Å². The summed E-state index contributed by atoms with van der Waals surface area (Å²) in [5, 5.41) is 6.24. The van der Waals surface area contributed by atoms with Gasteiger partial charge in [0.25, 0.3) is 0 Å². The summed E-state index contributed by atoms with van der Waals surface area (Å²) in [5.41, 5.74) is 0.835. The second-order valence-electron chi connectivity index (χ2n) is 6.09. The number of ether oxygens (including phenoxy) is 1. The number of nitrogens with one attached hydrogen (secondary N) is 2. The van der Waals surface area contributed by atoms with Gasteiger partial charge in [0, 0.05) is 12.2 Å². The van der Waals surface area contributed by atoms with Gasteiger partial charge in [-0.05, 0) is 56.0 Å². The highest BCUT2D eigenvalue weighted by atomic mass is 16.5. The van der Waals surface area contributed by atoms with Gasteiger partial charge in [-0.2, -0.15) is 0 Å². The lowest BCUT2D eigenvalue weighted by atomic mass is 9.99. The summed E-state index contributed by atoms with van der Waals surface area (Å²) in [5.74, 6) is 1.69. The Labute approximate surface area is 127 Å². The molecule has 1 aromatic rings. The maximum absolute atomic E-state index is 12.1. The second kappa shape index (κ2) is 8.03. The summed E-state index contributed by atoms with van der Waals surface area (Å²) in [7, 11) is 0. The highest BCUT2D eigenvalue weighted by Crippen LogP contribution is 2.18. The first-order valence-corrected chi connectivity index (χ1v) is 7.89. The molecule has 116 valence electrons. The molecule has 1 aliphatic heterocycles. The van der Waals surface area contributed by atoms with Gasteiger partial charge in [-0.3, -0.25) is 4.79 Å². The highest BCUT2D eigenvalue weighted by Gasteiger charge is 2.20. The number of carbonyl (C=O) groups excluding carboxylic acids is 1. The fourth-order valence-electron chi connectivity index (χ4n) is 2.37. The van der Waals surface area contributed by atoms with E-state index in [4.69, 9.17) is 4.74 Å². The predicted molar refractivity (Wildman–Crippen MR) is 85.6 cm³/mol.